The molecule has 0 atom stereocenters. The third-order valence-electron chi connectivity index (χ3n) is 5.54. The van der Waals surface area contributed by atoms with E-state index in [1.807, 2.05) is 17.7 Å². The summed E-state index contributed by atoms with van der Waals surface area (Å²) in [7, 11) is 1.77. The number of benzene rings is 1. The summed E-state index contributed by atoms with van der Waals surface area (Å²) in [4.78, 5) is 28.4. The van der Waals surface area contributed by atoms with Crippen molar-refractivity contribution in [3.05, 3.63) is 41.8 Å². The maximum Gasteiger partial charge on any atom is 0.321 e. The van der Waals surface area contributed by atoms with Crippen molar-refractivity contribution in [1.82, 2.24) is 14.7 Å². The van der Waals surface area contributed by atoms with E-state index in [-0.39, 0.29) is 23.3 Å². The number of carbonyl (C=O) groups is 2. The smallest absolute Gasteiger partial charge is 0.321 e. The Kier molecular flexibility index (Phi) is 4.13. The van der Waals surface area contributed by atoms with Crippen LogP contribution in [0.15, 0.2) is 30.3 Å². The standard InChI is InChI=1S/C19H22FN5O2/c1-13-11-16-23(2)17(26)12-19(25(16)22-13)7-9-24(10-8-19)18(27)21-15-5-3-14(20)4-6-15/h3-6,11H,7-10,12H2,1-2H3,(H,21,27). The summed E-state index contributed by atoms with van der Waals surface area (Å²) in [6.45, 7) is 2.98. The van der Waals surface area contributed by atoms with E-state index in [0.717, 1.165) is 11.5 Å². The molecule has 0 unspecified atom stereocenters. The lowest BCUT2D eigenvalue weighted by molar-refractivity contribution is -0.122. The number of carbonyl (C=O) groups excluding carboxylic acids is 2. The number of rotatable bonds is 1. The number of urea groups is 1. The minimum atomic E-state index is -0.375. The van der Waals surface area contributed by atoms with Crippen LogP contribution in [0.1, 0.15) is 25.0 Å². The SMILES string of the molecule is Cc1cc2n(n1)C1(CCN(C(=O)Nc3ccc(F)cc3)CC1)CC(=O)N2C. The number of aromatic nitrogens is 2. The van der Waals surface area contributed by atoms with Gasteiger partial charge in [0.25, 0.3) is 0 Å². The van der Waals surface area contributed by atoms with Crippen LogP contribution in [-0.4, -0.2) is 46.8 Å². The van der Waals surface area contributed by atoms with E-state index in [2.05, 4.69) is 10.4 Å². The van der Waals surface area contributed by atoms with Gasteiger partial charge in [0.15, 0.2) is 0 Å². The number of halogens is 1. The second-order valence-electron chi connectivity index (χ2n) is 7.33. The Bertz CT molecular complexity index is 884. The van der Waals surface area contributed by atoms with Gasteiger partial charge in [-0.3, -0.25) is 4.79 Å². The summed E-state index contributed by atoms with van der Waals surface area (Å²) >= 11 is 0. The van der Waals surface area contributed by atoms with E-state index in [4.69, 9.17) is 0 Å². The number of hydrogen-bond acceptors (Lipinski definition) is 3. The van der Waals surface area contributed by atoms with E-state index in [1.54, 1.807) is 16.8 Å². The monoisotopic (exact) mass is 371 g/mol. The summed E-state index contributed by atoms with van der Waals surface area (Å²) < 4.78 is 15.0. The number of piperidine rings is 1. The first-order chi connectivity index (χ1) is 12.9. The zero-order chi connectivity index (χ0) is 19.2. The van der Waals surface area contributed by atoms with Crippen LogP contribution in [0.4, 0.5) is 20.7 Å². The molecule has 1 aromatic carbocycles. The van der Waals surface area contributed by atoms with Crippen LogP contribution in [0, 0.1) is 12.7 Å². The average Bonchev–Trinajstić information content (AvgIpc) is 3.05. The fraction of sp³-hybridized carbons (Fsp3) is 0.421. The molecule has 4 rings (SSSR count). The van der Waals surface area contributed by atoms with Crippen molar-refractivity contribution in [2.75, 3.05) is 30.4 Å². The fourth-order valence-electron chi connectivity index (χ4n) is 3.93. The van der Waals surface area contributed by atoms with Gasteiger partial charge in [-0.05, 0) is 44.0 Å². The highest BCUT2D eigenvalue weighted by atomic mass is 19.1. The molecule has 1 spiro atoms. The van der Waals surface area contributed by atoms with Crippen molar-refractivity contribution < 1.29 is 14.0 Å². The number of likely N-dealkylation sites (tertiary alicyclic amines) is 1. The largest absolute Gasteiger partial charge is 0.324 e. The van der Waals surface area contributed by atoms with E-state index in [1.165, 1.54) is 24.3 Å². The molecule has 142 valence electrons. The van der Waals surface area contributed by atoms with Gasteiger partial charge in [0.1, 0.15) is 11.6 Å². The molecule has 0 aliphatic carbocycles. The second kappa shape index (κ2) is 6.37. The minimum absolute atomic E-state index is 0.0756. The average molecular weight is 371 g/mol. The zero-order valence-electron chi connectivity index (χ0n) is 15.4. The fourth-order valence-corrected chi connectivity index (χ4v) is 3.93. The van der Waals surface area contributed by atoms with Crippen LogP contribution in [0.2, 0.25) is 0 Å². The quantitative estimate of drug-likeness (QED) is 0.838. The molecular formula is C19H22FN5O2. The van der Waals surface area contributed by atoms with Gasteiger partial charge in [0.2, 0.25) is 5.91 Å². The van der Waals surface area contributed by atoms with Gasteiger partial charge in [0.05, 0.1) is 17.7 Å². The van der Waals surface area contributed by atoms with Gasteiger partial charge < -0.3 is 15.1 Å². The van der Waals surface area contributed by atoms with Gasteiger partial charge in [0, 0.05) is 31.9 Å². The van der Waals surface area contributed by atoms with Crippen molar-refractivity contribution in [1.29, 1.82) is 0 Å². The van der Waals surface area contributed by atoms with Crippen LogP contribution in [0.25, 0.3) is 0 Å². The lowest BCUT2D eigenvalue weighted by Gasteiger charge is -2.45. The van der Waals surface area contributed by atoms with Gasteiger partial charge in [-0.25, -0.2) is 13.9 Å². The van der Waals surface area contributed by atoms with Crippen LogP contribution in [-0.2, 0) is 10.3 Å². The minimum Gasteiger partial charge on any atom is -0.324 e. The molecule has 2 aliphatic rings. The molecule has 2 aliphatic heterocycles. The van der Waals surface area contributed by atoms with Crippen molar-refractivity contribution in [3.63, 3.8) is 0 Å². The van der Waals surface area contributed by atoms with Gasteiger partial charge in [-0.15, -0.1) is 0 Å². The maximum absolute atomic E-state index is 13.0. The lowest BCUT2D eigenvalue weighted by atomic mass is 9.83. The molecule has 0 bridgehead atoms. The lowest BCUT2D eigenvalue weighted by Crippen LogP contribution is -2.54. The van der Waals surface area contributed by atoms with Crippen LogP contribution >= 0.6 is 0 Å². The van der Waals surface area contributed by atoms with Crippen LogP contribution in [0.3, 0.4) is 0 Å². The molecule has 2 aromatic rings. The number of fused-ring (bicyclic) bond motifs is 2. The number of amides is 3. The first-order valence-electron chi connectivity index (χ1n) is 9.03. The third kappa shape index (κ3) is 3.05. The highest BCUT2D eigenvalue weighted by molar-refractivity contribution is 5.94. The normalized spacial score (nSPS) is 18.6. The number of aryl methyl sites for hydroxylation is 1. The van der Waals surface area contributed by atoms with Crippen LogP contribution in [0.5, 0.6) is 0 Å². The Labute approximate surface area is 156 Å². The molecule has 0 saturated carbocycles. The molecule has 1 saturated heterocycles. The first-order valence-corrected chi connectivity index (χ1v) is 9.03. The number of hydrogen-bond donors (Lipinski definition) is 1. The van der Waals surface area contributed by atoms with Gasteiger partial charge in [-0.2, -0.15) is 5.10 Å². The molecule has 1 fully saturated rings. The van der Waals surface area contributed by atoms with Crippen molar-refractivity contribution in [3.8, 4) is 0 Å². The Morgan fingerprint density at radius 2 is 1.89 bits per heavy atom. The molecule has 27 heavy (non-hydrogen) atoms. The number of nitrogens with zero attached hydrogens (tertiary/aromatic N) is 4. The summed E-state index contributed by atoms with van der Waals surface area (Å²) in [5.74, 6) is 0.546. The molecule has 3 heterocycles. The molecule has 7 nitrogen and oxygen atoms in total. The first kappa shape index (κ1) is 17.5. The molecule has 1 aromatic heterocycles. The van der Waals surface area contributed by atoms with E-state index in [0.29, 0.717) is 38.0 Å². The van der Waals surface area contributed by atoms with Crippen molar-refractivity contribution >= 4 is 23.4 Å². The van der Waals surface area contributed by atoms with E-state index >= 15 is 0 Å². The molecule has 8 heteroatoms. The summed E-state index contributed by atoms with van der Waals surface area (Å²) in [5.41, 5.74) is 1.06. The highest BCUT2D eigenvalue weighted by Gasteiger charge is 2.45. The van der Waals surface area contributed by atoms with Gasteiger partial charge >= 0.3 is 6.03 Å². The molecule has 0 radical (unpaired) electrons. The Balaban J connectivity index is 1.48. The van der Waals surface area contributed by atoms with Crippen LogP contribution < -0.4 is 10.2 Å². The third-order valence-corrected chi connectivity index (χ3v) is 5.54. The Morgan fingerprint density at radius 3 is 2.56 bits per heavy atom. The molecule has 3 amide bonds. The summed E-state index contributed by atoms with van der Waals surface area (Å²) in [5, 5.41) is 7.42. The summed E-state index contributed by atoms with van der Waals surface area (Å²) in [6.07, 6.45) is 1.72. The highest BCUT2D eigenvalue weighted by Crippen LogP contribution is 2.40. The maximum atomic E-state index is 13.0. The second-order valence-corrected chi connectivity index (χ2v) is 7.33. The Hall–Kier alpha value is -2.90. The predicted octanol–water partition coefficient (Wildman–Crippen LogP) is 2.72. The van der Waals surface area contributed by atoms with E-state index in [9.17, 15) is 14.0 Å². The molecular weight excluding hydrogens is 349 g/mol. The zero-order valence-corrected chi connectivity index (χ0v) is 15.4. The van der Waals surface area contributed by atoms with Gasteiger partial charge in [-0.1, -0.05) is 0 Å². The molecule has 1 N–H and O–H groups in total. The number of nitrogens with one attached hydrogen (secondary N) is 1. The summed E-state index contributed by atoms with van der Waals surface area (Å²) in [6, 6.07) is 7.40. The Morgan fingerprint density at radius 1 is 1.22 bits per heavy atom. The van der Waals surface area contributed by atoms with Crippen molar-refractivity contribution in [2.24, 2.45) is 0 Å². The number of anilines is 2. The van der Waals surface area contributed by atoms with E-state index < -0.39 is 0 Å². The van der Waals surface area contributed by atoms with Crippen molar-refractivity contribution in [2.45, 2.75) is 31.7 Å². The predicted molar refractivity (Wildman–Crippen MR) is 99.2 cm³/mol. The topological polar surface area (TPSA) is 70.5 Å².